The summed E-state index contributed by atoms with van der Waals surface area (Å²) in [6.45, 7) is 5.86. The van der Waals surface area contributed by atoms with Gasteiger partial charge in [-0.15, -0.1) is 11.8 Å². The molecule has 0 saturated carbocycles. The molecule has 1 atom stereocenters. The maximum absolute atomic E-state index is 12.7. The number of carbonyl (C=O) groups excluding carboxylic acids is 2. The van der Waals surface area contributed by atoms with Gasteiger partial charge < -0.3 is 20.1 Å². The summed E-state index contributed by atoms with van der Waals surface area (Å²) in [6, 6.07) is 18.4. The van der Waals surface area contributed by atoms with Crippen molar-refractivity contribution in [2.24, 2.45) is 0 Å². The van der Waals surface area contributed by atoms with Gasteiger partial charge in [-0.1, -0.05) is 12.1 Å². The summed E-state index contributed by atoms with van der Waals surface area (Å²) in [5, 5.41) is 5.56. The Bertz CT molecular complexity index is 1140. The molecular formula is C26H28N2O4S. The lowest BCUT2D eigenvalue weighted by atomic mass is 10.1. The molecule has 0 saturated heterocycles. The van der Waals surface area contributed by atoms with E-state index in [9.17, 15) is 9.59 Å². The van der Waals surface area contributed by atoms with Crippen LogP contribution in [0.15, 0.2) is 65.6 Å². The van der Waals surface area contributed by atoms with Crippen molar-refractivity contribution in [2.75, 3.05) is 24.9 Å². The first-order chi connectivity index (χ1) is 15.8. The Morgan fingerprint density at radius 2 is 1.52 bits per heavy atom. The Morgan fingerprint density at radius 1 is 0.818 bits per heavy atom. The molecule has 0 radical (unpaired) electrons. The quantitative estimate of drug-likeness (QED) is 0.419. The minimum absolute atomic E-state index is 0.0789. The smallest absolute Gasteiger partial charge is 0.255 e. The van der Waals surface area contributed by atoms with E-state index in [2.05, 4.69) is 16.7 Å². The highest BCUT2D eigenvalue weighted by molar-refractivity contribution is 8.00. The summed E-state index contributed by atoms with van der Waals surface area (Å²) in [6.07, 6.45) is 0. The van der Waals surface area contributed by atoms with Gasteiger partial charge >= 0.3 is 0 Å². The van der Waals surface area contributed by atoms with E-state index in [4.69, 9.17) is 9.47 Å². The topological polar surface area (TPSA) is 76.7 Å². The Labute approximate surface area is 198 Å². The number of anilines is 2. The minimum atomic E-state index is -0.317. The zero-order valence-electron chi connectivity index (χ0n) is 19.4. The third-order valence-corrected chi connectivity index (χ3v) is 6.00. The highest BCUT2D eigenvalue weighted by atomic mass is 32.2. The summed E-state index contributed by atoms with van der Waals surface area (Å²) in [4.78, 5) is 26.3. The predicted molar refractivity (Wildman–Crippen MR) is 134 cm³/mol. The number of benzene rings is 3. The maximum atomic E-state index is 12.7. The highest BCUT2D eigenvalue weighted by Gasteiger charge is 2.16. The van der Waals surface area contributed by atoms with Crippen molar-refractivity contribution in [3.63, 3.8) is 0 Å². The average Bonchev–Trinajstić information content (AvgIpc) is 2.78. The van der Waals surface area contributed by atoms with Crippen LogP contribution in [-0.2, 0) is 4.79 Å². The van der Waals surface area contributed by atoms with E-state index in [0.717, 1.165) is 21.7 Å². The molecule has 3 rings (SSSR count). The van der Waals surface area contributed by atoms with Crippen LogP contribution in [0.1, 0.15) is 28.4 Å². The van der Waals surface area contributed by atoms with E-state index < -0.39 is 0 Å². The molecule has 2 N–H and O–H groups in total. The second-order valence-corrected chi connectivity index (χ2v) is 9.09. The van der Waals surface area contributed by atoms with Gasteiger partial charge in [0.2, 0.25) is 5.91 Å². The zero-order chi connectivity index (χ0) is 24.0. The van der Waals surface area contributed by atoms with Crippen LogP contribution in [0.4, 0.5) is 11.4 Å². The largest absolute Gasteiger partial charge is 0.493 e. The summed E-state index contributed by atoms with van der Waals surface area (Å²) in [5.74, 6) is 0.696. The number of hydrogen-bond donors (Lipinski definition) is 2. The molecule has 6 nitrogen and oxygen atoms in total. The van der Waals surface area contributed by atoms with Gasteiger partial charge in [0.1, 0.15) is 0 Å². The molecule has 2 amide bonds. The Balaban J connectivity index is 1.65. The van der Waals surface area contributed by atoms with Crippen LogP contribution in [0.2, 0.25) is 0 Å². The molecule has 7 heteroatoms. The van der Waals surface area contributed by atoms with Crippen LogP contribution >= 0.6 is 11.8 Å². The molecule has 0 heterocycles. The number of ether oxygens (including phenoxy) is 2. The fourth-order valence-corrected chi connectivity index (χ4v) is 4.30. The fraction of sp³-hybridized carbons (Fsp3) is 0.231. The van der Waals surface area contributed by atoms with Crippen LogP contribution in [0, 0.1) is 13.8 Å². The standard InChI is InChI=1S/C26H28N2O4S/c1-16-11-17(2)13-21(12-16)28-25(29)18(3)33-22-8-6-7-20(15-22)27-26(30)19-9-10-23(31-4)24(14-19)32-5/h6-15,18H,1-5H3,(H,27,30)(H,28,29). The summed E-state index contributed by atoms with van der Waals surface area (Å²) in [5.41, 5.74) is 4.08. The summed E-state index contributed by atoms with van der Waals surface area (Å²) >= 11 is 1.43. The monoisotopic (exact) mass is 464 g/mol. The van der Waals surface area contributed by atoms with Gasteiger partial charge in [-0.25, -0.2) is 0 Å². The zero-order valence-corrected chi connectivity index (χ0v) is 20.2. The van der Waals surface area contributed by atoms with Crippen molar-refractivity contribution in [3.8, 4) is 11.5 Å². The summed E-state index contributed by atoms with van der Waals surface area (Å²) < 4.78 is 10.5. The second-order valence-electron chi connectivity index (χ2n) is 7.68. The molecule has 3 aromatic carbocycles. The molecule has 0 aliphatic rings. The number of hydrogen-bond acceptors (Lipinski definition) is 5. The number of nitrogens with one attached hydrogen (secondary N) is 2. The van der Waals surface area contributed by atoms with Gasteiger partial charge in [-0.2, -0.15) is 0 Å². The molecule has 172 valence electrons. The maximum Gasteiger partial charge on any atom is 0.255 e. The van der Waals surface area contributed by atoms with Crippen molar-refractivity contribution in [1.29, 1.82) is 0 Å². The third-order valence-electron chi connectivity index (χ3n) is 4.91. The average molecular weight is 465 g/mol. The molecule has 0 aliphatic heterocycles. The van der Waals surface area contributed by atoms with Crippen LogP contribution in [0.5, 0.6) is 11.5 Å². The minimum Gasteiger partial charge on any atom is -0.493 e. The molecule has 1 unspecified atom stereocenters. The van der Waals surface area contributed by atoms with E-state index >= 15 is 0 Å². The van der Waals surface area contributed by atoms with Gasteiger partial charge in [-0.05, 0) is 80.4 Å². The van der Waals surface area contributed by atoms with Crippen molar-refractivity contribution < 1.29 is 19.1 Å². The molecule has 0 aromatic heterocycles. The second kappa shape index (κ2) is 10.9. The first kappa shape index (κ1) is 24.2. The van der Waals surface area contributed by atoms with Crippen LogP contribution in [0.25, 0.3) is 0 Å². The number of rotatable bonds is 8. The SMILES string of the molecule is COc1ccc(C(=O)Nc2cccc(SC(C)C(=O)Nc3cc(C)cc(C)c3)c2)cc1OC. The number of methoxy groups -OCH3 is 2. The Morgan fingerprint density at radius 3 is 2.18 bits per heavy atom. The van der Waals surface area contributed by atoms with E-state index in [1.165, 1.54) is 18.9 Å². The van der Waals surface area contributed by atoms with Gasteiger partial charge in [0, 0.05) is 21.8 Å². The highest BCUT2D eigenvalue weighted by Crippen LogP contribution is 2.29. The number of carbonyl (C=O) groups is 2. The lowest BCUT2D eigenvalue weighted by Gasteiger charge is -2.14. The third kappa shape index (κ3) is 6.52. The molecule has 33 heavy (non-hydrogen) atoms. The molecule has 0 fully saturated rings. The molecule has 0 spiro atoms. The number of aryl methyl sites for hydroxylation is 2. The summed E-state index contributed by atoms with van der Waals surface area (Å²) in [7, 11) is 3.07. The van der Waals surface area contributed by atoms with E-state index in [0.29, 0.717) is 22.7 Å². The van der Waals surface area contributed by atoms with E-state index in [-0.39, 0.29) is 17.1 Å². The molecular weight excluding hydrogens is 436 g/mol. The van der Waals surface area contributed by atoms with Crippen LogP contribution < -0.4 is 20.1 Å². The number of amides is 2. The lowest BCUT2D eigenvalue weighted by Crippen LogP contribution is -2.22. The Hall–Kier alpha value is -3.45. The first-order valence-corrected chi connectivity index (χ1v) is 11.4. The molecule has 0 aliphatic carbocycles. The van der Waals surface area contributed by atoms with Crippen molar-refractivity contribution in [1.82, 2.24) is 0 Å². The van der Waals surface area contributed by atoms with Gasteiger partial charge in [0.15, 0.2) is 11.5 Å². The predicted octanol–water partition coefficient (Wildman–Crippen LogP) is 5.69. The van der Waals surface area contributed by atoms with Crippen LogP contribution in [0.3, 0.4) is 0 Å². The number of thioether (sulfide) groups is 1. The Kier molecular flexibility index (Phi) is 8.01. The van der Waals surface area contributed by atoms with Crippen molar-refractivity contribution in [3.05, 3.63) is 77.4 Å². The van der Waals surface area contributed by atoms with Gasteiger partial charge in [0.05, 0.1) is 19.5 Å². The molecule has 3 aromatic rings. The normalized spacial score (nSPS) is 11.4. The van der Waals surface area contributed by atoms with E-state index in [1.54, 1.807) is 25.3 Å². The fourth-order valence-electron chi connectivity index (χ4n) is 3.38. The van der Waals surface area contributed by atoms with E-state index in [1.807, 2.05) is 57.2 Å². The van der Waals surface area contributed by atoms with Gasteiger partial charge in [0.25, 0.3) is 5.91 Å². The first-order valence-electron chi connectivity index (χ1n) is 10.5. The van der Waals surface area contributed by atoms with Gasteiger partial charge in [-0.3, -0.25) is 9.59 Å². The lowest BCUT2D eigenvalue weighted by molar-refractivity contribution is -0.115. The molecule has 0 bridgehead atoms. The van der Waals surface area contributed by atoms with Crippen LogP contribution in [-0.4, -0.2) is 31.3 Å². The van der Waals surface area contributed by atoms with Crippen molar-refractivity contribution >= 4 is 35.0 Å². The van der Waals surface area contributed by atoms with Crippen molar-refractivity contribution in [2.45, 2.75) is 30.9 Å².